The lowest BCUT2D eigenvalue weighted by atomic mass is 9.79. The second kappa shape index (κ2) is 6.68. The molecule has 1 heterocycles. The quantitative estimate of drug-likeness (QED) is 0.692. The number of hydrogen-bond acceptors (Lipinski definition) is 2. The Morgan fingerprint density at radius 1 is 1.00 bits per heavy atom. The molecule has 0 atom stereocenters. The molecule has 0 aromatic heterocycles. The van der Waals surface area contributed by atoms with Crippen LogP contribution in [0.4, 0.5) is 0 Å². The maximum absolute atomic E-state index is 12.3. The normalized spacial score (nSPS) is 20.2. The van der Waals surface area contributed by atoms with E-state index in [2.05, 4.69) is 31.6 Å². The molecule has 0 spiro atoms. The minimum absolute atomic E-state index is 0.0971. The SMILES string of the molecule is C=CCC1(CC=C)CN([O])C(=O)C(CC=C)(CC=C)N1. The Labute approximate surface area is 121 Å². The van der Waals surface area contributed by atoms with Crippen LogP contribution < -0.4 is 5.32 Å². The minimum Gasteiger partial charge on any atom is -0.295 e. The second-order valence-electron chi connectivity index (χ2n) is 5.30. The Balaban J connectivity index is 3.22. The Kier molecular flexibility index (Phi) is 5.48. The van der Waals surface area contributed by atoms with Gasteiger partial charge in [-0.1, -0.05) is 29.5 Å². The topological polar surface area (TPSA) is 52.2 Å². The first-order valence-electron chi connectivity index (χ1n) is 6.71. The number of nitrogens with one attached hydrogen (secondary N) is 1. The highest BCUT2D eigenvalue weighted by Gasteiger charge is 2.51. The van der Waals surface area contributed by atoms with Gasteiger partial charge in [-0.3, -0.25) is 10.1 Å². The van der Waals surface area contributed by atoms with Gasteiger partial charge in [0.1, 0.15) is 5.54 Å². The number of nitrogens with zero attached hydrogens (tertiary/aromatic N) is 1. The van der Waals surface area contributed by atoms with Gasteiger partial charge in [0.05, 0.1) is 6.54 Å². The zero-order chi connectivity index (χ0) is 15.2. The lowest BCUT2D eigenvalue weighted by Crippen LogP contribution is -2.72. The van der Waals surface area contributed by atoms with Gasteiger partial charge in [0.25, 0.3) is 5.91 Å². The van der Waals surface area contributed by atoms with Gasteiger partial charge in [0.15, 0.2) is 0 Å². The smallest absolute Gasteiger partial charge is 0.269 e. The first-order valence-corrected chi connectivity index (χ1v) is 6.71. The lowest BCUT2D eigenvalue weighted by Gasteiger charge is -2.49. The Morgan fingerprint density at radius 2 is 1.45 bits per heavy atom. The molecule has 1 aliphatic heterocycles. The van der Waals surface area contributed by atoms with Crippen LogP contribution >= 0.6 is 0 Å². The summed E-state index contributed by atoms with van der Waals surface area (Å²) in [7, 11) is 0. The van der Waals surface area contributed by atoms with E-state index in [4.69, 9.17) is 0 Å². The van der Waals surface area contributed by atoms with Crippen LogP contribution in [0, 0.1) is 0 Å². The van der Waals surface area contributed by atoms with Gasteiger partial charge in [-0.05, 0) is 25.7 Å². The third kappa shape index (κ3) is 3.08. The van der Waals surface area contributed by atoms with E-state index < -0.39 is 17.0 Å². The van der Waals surface area contributed by atoms with E-state index >= 15 is 0 Å². The molecule has 4 nitrogen and oxygen atoms in total. The zero-order valence-corrected chi connectivity index (χ0v) is 11.9. The van der Waals surface area contributed by atoms with Gasteiger partial charge < -0.3 is 0 Å². The molecule has 4 heteroatoms. The Hall–Kier alpha value is -1.65. The number of rotatable bonds is 8. The maximum atomic E-state index is 12.3. The van der Waals surface area contributed by atoms with Crippen LogP contribution in [0.3, 0.4) is 0 Å². The van der Waals surface area contributed by atoms with Gasteiger partial charge in [-0.15, -0.1) is 26.3 Å². The summed E-state index contributed by atoms with van der Waals surface area (Å²) in [6.45, 7) is 15.0. The third-order valence-corrected chi connectivity index (χ3v) is 3.64. The molecule has 20 heavy (non-hydrogen) atoms. The molecule has 1 amide bonds. The van der Waals surface area contributed by atoms with Crippen LogP contribution in [0.5, 0.6) is 0 Å². The Bertz CT molecular complexity index is 395. The molecule has 0 aliphatic carbocycles. The predicted molar refractivity (Wildman–Crippen MR) is 80.3 cm³/mol. The van der Waals surface area contributed by atoms with Crippen molar-refractivity contribution in [2.24, 2.45) is 0 Å². The standard InChI is InChI=1S/C16H23N2O2/c1-5-9-15(10-6-2)13-18(20)14(19)16(17-15,11-7-3)12-8-4/h5-8,17H,1-4,9-13H2. The molecule has 109 valence electrons. The molecule has 0 saturated carbocycles. The van der Waals surface area contributed by atoms with Crippen molar-refractivity contribution < 1.29 is 10.0 Å². The highest BCUT2D eigenvalue weighted by Crippen LogP contribution is 2.32. The Morgan fingerprint density at radius 3 is 1.85 bits per heavy atom. The van der Waals surface area contributed by atoms with Crippen LogP contribution in [0.1, 0.15) is 25.7 Å². The van der Waals surface area contributed by atoms with Crippen LogP contribution in [0.2, 0.25) is 0 Å². The van der Waals surface area contributed by atoms with E-state index in [1.54, 1.807) is 24.3 Å². The monoisotopic (exact) mass is 275 g/mol. The van der Waals surface area contributed by atoms with E-state index in [-0.39, 0.29) is 6.54 Å². The fraction of sp³-hybridized carbons (Fsp3) is 0.438. The first kappa shape index (κ1) is 16.4. The molecular weight excluding hydrogens is 252 g/mol. The summed E-state index contributed by atoms with van der Waals surface area (Å²) in [6, 6.07) is 0. The second-order valence-corrected chi connectivity index (χ2v) is 5.30. The van der Waals surface area contributed by atoms with Crippen LogP contribution in [-0.4, -0.2) is 28.6 Å². The van der Waals surface area contributed by atoms with Crippen LogP contribution in [0.25, 0.3) is 0 Å². The molecule has 1 rings (SSSR count). The van der Waals surface area contributed by atoms with Crippen molar-refractivity contribution in [2.45, 2.75) is 36.8 Å². The summed E-state index contributed by atoms with van der Waals surface area (Å²) < 4.78 is 0. The predicted octanol–water partition coefficient (Wildman–Crippen LogP) is 2.55. The van der Waals surface area contributed by atoms with Gasteiger partial charge in [-0.25, -0.2) is 0 Å². The van der Waals surface area contributed by atoms with Crippen molar-refractivity contribution in [2.75, 3.05) is 6.54 Å². The van der Waals surface area contributed by atoms with Crippen molar-refractivity contribution in [1.82, 2.24) is 10.4 Å². The lowest BCUT2D eigenvalue weighted by molar-refractivity contribution is -0.212. The fourth-order valence-electron chi connectivity index (χ4n) is 2.91. The number of hydrogen-bond donors (Lipinski definition) is 1. The average molecular weight is 275 g/mol. The number of amides is 1. The van der Waals surface area contributed by atoms with Gasteiger partial charge in [0.2, 0.25) is 0 Å². The van der Waals surface area contributed by atoms with Crippen LogP contribution in [0.15, 0.2) is 50.6 Å². The summed E-state index contributed by atoms with van der Waals surface area (Å²) in [5.74, 6) is -0.457. The number of carbonyl (C=O) groups is 1. The molecule has 1 saturated heterocycles. The van der Waals surface area contributed by atoms with Crippen LogP contribution in [-0.2, 0) is 10.0 Å². The third-order valence-electron chi connectivity index (χ3n) is 3.64. The highest BCUT2D eigenvalue weighted by atomic mass is 16.5. The van der Waals surface area contributed by atoms with Gasteiger partial charge >= 0.3 is 0 Å². The summed E-state index contributed by atoms with van der Waals surface area (Å²) in [4.78, 5) is 12.3. The molecule has 0 bridgehead atoms. The molecule has 0 unspecified atom stereocenters. The first-order chi connectivity index (χ1) is 9.49. The molecule has 1 N–H and O–H groups in total. The van der Waals surface area contributed by atoms with E-state index in [1.165, 1.54) is 0 Å². The summed E-state index contributed by atoms with van der Waals surface area (Å²) in [5, 5.41) is 16.1. The fourth-order valence-corrected chi connectivity index (χ4v) is 2.91. The molecule has 1 radical (unpaired) electrons. The largest absolute Gasteiger partial charge is 0.295 e. The van der Waals surface area contributed by atoms with E-state index in [0.717, 1.165) is 0 Å². The molecule has 1 fully saturated rings. The highest BCUT2D eigenvalue weighted by molar-refractivity contribution is 5.87. The molecule has 1 aliphatic rings. The van der Waals surface area contributed by atoms with E-state index in [1.807, 2.05) is 0 Å². The maximum Gasteiger partial charge on any atom is 0.269 e. The zero-order valence-electron chi connectivity index (χ0n) is 11.9. The summed E-state index contributed by atoms with van der Waals surface area (Å²) >= 11 is 0. The molecule has 0 aromatic rings. The van der Waals surface area contributed by atoms with Gasteiger partial charge in [0, 0.05) is 5.54 Å². The van der Waals surface area contributed by atoms with Crippen molar-refractivity contribution in [3.63, 3.8) is 0 Å². The van der Waals surface area contributed by atoms with Crippen molar-refractivity contribution in [1.29, 1.82) is 0 Å². The average Bonchev–Trinajstić information content (AvgIpc) is 2.37. The molecule has 0 aromatic carbocycles. The van der Waals surface area contributed by atoms with E-state index in [0.29, 0.717) is 30.7 Å². The van der Waals surface area contributed by atoms with Gasteiger partial charge in [-0.2, -0.15) is 5.06 Å². The van der Waals surface area contributed by atoms with E-state index in [9.17, 15) is 10.0 Å². The molecular formula is C16H23N2O2. The van der Waals surface area contributed by atoms with Crippen molar-refractivity contribution in [3.8, 4) is 0 Å². The number of piperazine rings is 1. The summed E-state index contributed by atoms with van der Waals surface area (Å²) in [5.41, 5.74) is -1.49. The number of hydroxylamine groups is 2. The van der Waals surface area contributed by atoms with Crippen molar-refractivity contribution >= 4 is 5.91 Å². The summed E-state index contributed by atoms with van der Waals surface area (Å²) in [6.07, 6.45) is 8.75. The number of carbonyl (C=O) groups excluding carboxylic acids is 1. The van der Waals surface area contributed by atoms with Crippen molar-refractivity contribution in [3.05, 3.63) is 50.6 Å². The minimum atomic E-state index is -0.963.